The zero-order valence-corrected chi connectivity index (χ0v) is 24.0. The smallest absolute Gasteiger partial charge is 0.322 e. The zero-order valence-electron chi connectivity index (χ0n) is 24.0. The van der Waals surface area contributed by atoms with E-state index >= 15 is 0 Å². The first-order chi connectivity index (χ1) is 19.8. The molecule has 0 spiro atoms. The second kappa shape index (κ2) is 12.6. The van der Waals surface area contributed by atoms with Gasteiger partial charge in [0.05, 0.1) is 16.9 Å². The number of aromatic nitrogens is 1. The van der Waals surface area contributed by atoms with Crippen LogP contribution >= 0.6 is 0 Å². The molecule has 3 fully saturated rings. The van der Waals surface area contributed by atoms with Crippen LogP contribution in [0.5, 0.6) is 0 Å². The Morgan fingerprint density at radius 1 is 1.10 bits per heavy atom. The number of nitrogens with one attached hydrogen (secondary N) is 3. The lowest BCUT2D eigenvalue weighted by molar-refractivity contribution is -0.111. The summed E-state index contributed by atoms with van der Waals surface area (Å²) in [5.41, 5.74) is 2.96. The van der Waals surface area contributed by atoms with E-state index < -0.39 is 0 Å². The minimum absolute atomic E-state index is 0.0261. The fourth-order valence-electron chi connectivity index (χ4n) is 5.70. The maximum absolute atomic E-state index is 13.6. The van der Waals surface area contributed by atoms with Gasteiger partial charge < -0.3 is 25.8 Å². The Balaban J connectivity index is 1.36. The molecule has 5 rings (SSSR count). The molecule has 3 amide bonds. The van der Waals surface area contributed by atoms with Crippen LogP contribution < -0.4 is 25.8 Å². The molecule has 2 aromatic rings. The molecule has 41 heavy (non-hydrogen) atoms. The van der Waals surface area contributed by atoms with Gasteiger partial charge in [-0.3, -0.25) is 9.69 Å². The number of anilines is 4. The van der Waals surface area contributed by atoms with Crippen molar-refractivity contribution >= 4 is 34.8 Å². The standard InChI is InChI=1S/C31H40N8O2/c1-4-30(40)36-27-17-26(12-13-28(27)38-16-15-37(3)21(2)20-38)39(31(41)35-24-6-7-24)25-10-8-23(9-11-25)34-29-14-5-22(18-32)19-33-29/h4-5,12-14,17,19,21,23-25H,1,6-11,15-16,20H2,2-3H3,(H,33,34)(H,35,41)(H,36,40)/t21-,23?,25?/m0/s1. The Morgan fingerprint density at radius 2 is 1.85 bits per heavy atom. The predicted molar refractivity (Wildman–Crippen MR) is 162 cm³/mol. The Kier molecular flexibility index (Phi) is 8.74. The minimum atomic E-state index is -0.275. The third kappa shape index (κ3) is 6.98. The molecule has 2 aliphatic carbocycles. The highest BCUT2D eigenvalue weighted by atomic mass is 16.2. The van der Waals surface area contributed by atoms with Crippen LogP contribution in [0.3, 0.4) is 0 Å². The highest BCUT2D eigenvalue weighted by Gasteiger charge is 2.34. The van der Waals surface area contributed by atoms with Crippen LogP contribution in [0.2, 0.25) is 0 Å². The number of pyridine rings is 1. The van der Waals surface area contributed by atoms with Gasteiger partial charge in [0.25, 0.3) is 0 Å². The van der Waals surface area contributed by atoms with Gasteiger partial charge in [-0.15, -0.1) is 0 Å². The van der Waals surface area contributed by atoms with E-state index in [0.29, 0.717) is 17.3 Å². The summed E-state index contributed by atoms with van der Waals surface area (Å²) in [6, 6.07) is 12.5. The second-order valence-corrected chi connectivity index (χ2v) is 11.5. The van der Waals surface area contributed by atoms with Gasteiger partial charge in [-0.1, -0.05) is 6.58 Å². The van der Waals surface area contributed by atoms with Crippen LogP contribution in [-0.2, 0) is 4.79 Å². The molecular formula is C31H40N8O2. The number of nitrogens with zero attached hydrogens (tertiary/aromatic N) is 5. The first-order valence-electron chi connectivity index (χ1n) is 14.6. The molecule has 3 aliphatic rings. The van der Waals surface area contributed by atoms with E-state index in [1.54, 1.807) is 12.3 Å². The molecule has 1 atom stereocenters. The Morgan fingerprint density at radius 3 is 2.49 bits per heavy atom. The summed E-state index contributed by atoms with van der Waals surface area (Å²) in [6.45, 7) is 8.48. The van der Waals surface area contributed by atoms with Gasteiger partial charge in [0.15, 0.2) is 0 Å². The Hall–Kier alpha value is -4.10. The molecule has 0 unspecified atom stereocenters. The molecule has 10 nitrogen and oxygen atoms in total. The largest absolute Gasteiger partial charge is 0.367 e. The average molecular weight is 557 g/mol. The summed E-state index contributed by atoms with van der Waals surface area (Å²) >= 11 is 0. The summed E-state index contributed by atoms with van der Waals surface area (Å²) in [7, 11) is 2.13. The molecular weight excluding hydrogens is 516 g/mol. The van der Waals surface area contributed by atoms with Gasteiger partial charge in [0.2, 0.25) is 5.91 Å². The molecule has 1 saturated heterocycles. The van der Waals surface area contributed by atoms with E-state index in [1.165, 1.54) is 6.08 Å². The van der Waals surface area contributed by atoms with Crippen LogP contribution in [-0.4, -0.2) is 72.7 Å². The highest BCUT2D eigenvalue weighted by Crippen LogP contribution is 2.36. The highest BCUT2D eigenvalue weighted by molar-refractivity contribution is 6.02. The number of benzene rings is 1. The zero-order chi connectivity index (χ0) is 28.9. The molecule has 1 aromatic carbocycles. The van der Waals surface area contributed by atoms with Gasteiger partial charge in [-0.05, 0) is 88.9 Å². The first kappa shape index (κ1) is 28.4. The third-order valence-corrected chi connectivity index (χ3v) is 8.43. The van der Waals surface area contributed by atoms with Gasteiger partial charge >= 0.3 is 6.03 Å². The summed E-state index contributed by atoms with van der Waals surface area (Å²) in [6.07, 6.45) is 8.30. The molecule has 10 heteroatoms. The van der Waals surface area contributed by atoms with Crippen molar-refractivity contribution in [2.45, 2.75) is 69.6 Å². The van der Waals surface area contributed by atoms with Crippen LogP contribution in [0.15, 0.2) is 49.2 Å². The van der Waals surface area contributed by atoms with E-state index in [4.69, 9.17) is 5.26 Å². The number of likely N-dealkylation sites (N-methyl/N-ethyl adjacent to an activating group) is 1. The molecule has 2 heterocycles. The topological polar surface area (TPSA) is 117 Å². The second-order valence-electron chi connectivity index (χ2n) is 11.5. The quantitative estimate of drug-likeness (QED) is 0.415. The van der Waals surface area contributed by atoms with Gasteiger partial charge in [-0.25, -0.2) is 9.78 Å². The molecule has 1 aromatic heterocycles. The number of hydrogen-bond acceptors (Lipinski definition) is 7. The summed E-state index contributed by atoms with van der Waals surface area (Å²) in [5, 5.41) is 18.7. The fraction of sp³-hybridized carbons (Fsp3) is 0.484. The Labute approximate surface area is 242 Å². The molecule has 2 saturated carbocycles. The molecule has 0 radical (unpaired) electrons. The average Bonchev–Trinajstić information content (AvgIpc) is 3.80. The molecule has 3 N–H and O–H groups in total. The van der Waals surface area contributed by atoms with E-state index in [1.807, 2.05) is 29.2 Å². The summed E-state index contributed by atoms with van der Waals surface area (Å²) < 4.78 is 0. The fourth-order valence-corrected chi connectivity index (χ4v) is 5.70. The van der Waals surface area contributed by atoms with Crippen molar-refractivity contribution in [1.82, 2.24) is 15.2 Å². The van der Waals surface area contributed by atoms with E-state index in [0.717, 1.165) is 75.4 Å². The number of carbonyl (C=O) groups is 2. The normalized spacial score (nSPS) is 22.8. The SMILES string of the molecule is C=CC(=O)Nc1cc(N(C(=O)NC2CC2)C2CCC(Nc3ccc(C#N)cn3)CC2)ccc1N1CCN(C)[C@@H](C)C1. The molecule has 1 aliphatic heterocycles. The van der Waals surface area contributed by atoms with Crippen molar-refractivity contribution in [3.8, 4) is 6.07 Å². The molecule has 0 bridgehead atoms. The lowest BCUT2D eigenvalue weighted by atomic mass is 9.89. The van der Waals surface area contributed by atoms with Crippen molar-refractivity contribution in [3.63, 3.8) is 0 Å². The van der Waals surface area contributed by atoms with Crippen molar-refractivity contribution in [1.29, 1.82) is 5.26 Å². The van der Waals surface area contributed by atoms with Crippen molar-refractivity contribution in [2.75, 3.05) is 47.1 Å². The van der Waals surface area contributed by atoms with Gasteiger partial charge in [-0.2, -0.15) is 5.26 Å². The van der Waals surface area contributed by atoms with Crippen molar-refractivity contribution in [3.05, 3.63) is 54.7 Å². The van der Waals surface area contributed by atoms with Crippen LogP contribution in [0.1, 0.15) is 51.0 Å². The lowest BCUT2D eigenvalue weighted by Gasteiger charge is -2.40. The number of nitriles is 1. The minimum Gasteiger partial charge on any atom is -0.367 e. The molecule has 216 valence electrons. The van der Waals surface area contributed by atoms with E-state index in [9.17, 15) is 9.59 Å². The van der Waals surface area contributed by atoms with Crippen molar-refractivity contribution in [2.24, 2.45) is 0 Å². The summed E-state index contributed by atoms with van der Waals surface area (Å²) in [5.74, 6) is 0.481. The first-order valence-corrected chi connectivity index (χ1v) is 14.6. The summed E-state index contributed by atoms with van der Waals surface area (Å²) in [4.78, 5) is 37.0. The predicted octanol–water partition coefficient (Wildman–Crippen LogP) is 4.32. The van der Waals surface area contributed by atoms with E-state index in [2.05, 4.69) is 57.4 Å². The Bertz CT molecular complexity index is 1290. The van der Waals surface area contributed by atoms with Crippen LogP contribution in [0.4, 0.5) is 27.7 Å². The maximum atomic E-state index is 13.6. The number of carbonyl (C=O) groups excluding carboxylic acids is 2. The maximum Gasteiger partial charge on any atom is 0.322 e. The number of rotatable bonds is 8. The number of urea groups is 1. The van der Waals surface area contributed by atoms with Gasteiger partial charge in [0.1, 0.15) is 11.9 Å². The van der Waals surface area contributed by atoms with Crippen molar-refractivity contribution < 1.29 is 9.59 Å². The van der Waals surface area contributed by atoms with Crippen LogP contribution in [0, 0.1) is 11.3 Å². The lowest BCUT2D eigenvalue weighted by Crippen LogP contribution is -2.50. The number of piperazine rings is 1. The monoisotopic (exact) mass is 556 g/mol. The number of hydrogen-bond donors (Lipinski definition) is 3. The van der Waals surface area contributed by atoms with Crippen LogP contribution in [0.25, 0.3) is 0 Å². The third-order valence-electron chi connectivity index (χ3n) is 8.43. The number of amides is 3. The van der Waals surface area contributed by atoms with E-state index in [-0.39, 0.29) is 30.1 Å². The van der Waals surface area contributed by atoms with Gasteiger partial charge in [0, 0.05) is 55.7 Å².